The zero-order valence-electron chi connectivity index (χ0n) is 15.6. The van der Waals surface area contributed by atoms with Gasteiger partial charge in [0.2, 0.25) is 0 Å². The van der Waals surface area contributed by atoms with Gasteiger partial charge in [-0.15, -0.1) is 0 Å². The van der Waals surface area contributed by atoms with Gasteiger partial charge in [-0.2, -0.15) is 0 Å². The van der Waals surface area contributed by atoms with Crippen LogP contribution in [0.3, 0.4) is 0 Å². The minimum absolute atomic E-state index is 0.0446. The van der Waals surface area contributed by atoms with Gasteiger partial charge in [0.1, 0.15) is 15.8 Å². The molecular formula is C19H24N2O4S2. The van der Waals surface area contributed by atoms with Crippen LogP contribution in [0.5, 0.6) is 11.5 Å². The van der Waals surface area contributed by atoms with Crippen molar-refractivity contribution in [2.45, 2.75) is 6.42 Å². The maximum atomic E-state index is 12.8. The molecular weight excluding hydrogens is 384 g/mol. The standard InChI is InChI=1S/C19H24N2O4S2/c1-23-15-4-5-16(24-2)14(12-15)13-17-18(22)21(19(26)27-17)7-3-6-20-8-10-25-11-9-20/h4-5,12-13H,3,6-11H2,1-2H3/b17-13-. The van der Waals surface area contributed by atoms with Crippen molar-refractivity contribution in [1.82, 2.24) is 9.80 Å². The van der Waals surface area contributed by atoms with Crippen molar-refractivity contribution in [2.24, 2.45) is 0 Å². The number of ether oxygens (including phenoxy) is 3. The normalized spacial score (nSPS) is 19.8. The lowest BCUT2D eigenvalue weighted by molar-refractivity contribution is -0.122. The highest BCUT2D eigenvalue weighted by atomic mass is 32.2. The summed E-state index contributed by atoms with van der Waals surface area (Å²) in [4.78, 5) is 17.5. The molecule has 2 fully saturated rings. The Morgan fingerprint density at radius 1 is 1.22 bits per heavy atom. The minimum Gasteiger partial charge on any atom is -0.497 e. The first-order chi connectivity index (χ1) is 13.1. The van der Waals surface area contributed by atoms with Crippen LogP contribution >= 0.6 is 24.0 Å². The Morgan fingerprint density at radius 2 is 2.00 bits per heavy atom. The molecule has 0 bridgehead atoms. The maximum absolute atomic E-state index is 12.8. The number of carbonyl (C=O) groups is 1. The monoisotopic (exact) mass is 408 g/mol. The molecule has 2 aliphatic rings. The Kier molecular flexibility index (Phi) is 7.12. The zero-order valence-corrected chi connectivity index (χ0v) is 17.2. The third-order valence-electron chi connectivity index (χ3n) is 4.56. The van der Waals surface area contributed by atoms with Crippen LogP contribution in [0.15, 0.2) is 23.1 Å². The third-order valence-corrected chi connectivity index (χ3v) is 5.93. The Balaban J connectivity index is 1.65. The maximum Gasteiger partial charge on any atom is 0.266 e. The van der Waals surface area contributed by atoms with Gasteiger partial charge in [0.15, 0.2) is 0 Å². The molecule has 0 aromatic heterocycles. The van der Waals surface area contributed by atoms with Gasteiger partial charge in [-0.05, 0) is 30.7 Å². The first-order valence-corrected chi connectivity index (χ1v) is 10.1. The largest absolute Gasteiger partial charge is 0.497 e. The number of thiocarbonyl (C=S) groups is 1. The van der Waals surface area contributed by atoms with Gasteiger partial charge >= 0.3 is 0 Å². The molecule has 0 saturated carbocycles. The van der Waals surface area contributed by atoms with E-state index in [0.29, 0.717) is 27.3 Å². The van der Waals surface area contributed by atoms with Crippen molar-refractivity contribution in [3.8, 4) is 11.5 Å². The summed E-state index contributed by atoms with van der Waals surface area (Å²) in [6.07, 6.45) is 2.71. The molecule has 2 saturated heterocycles. The molecule has 6 nitrogen and oxygen atoms in total. The zero-order chi connectivity index (χ0) is 19.2. The molecule has 0 aliphatic carbocycles. The van der Waals surface area contributed by atoms with Gasteiger partial charge in [-0.1, -0.05) is 24.0 Å². The molecule has 1 amide bonds. The van der Waals surface area contributed by atoms with E-state index in [0.717, 1.165) is 44.8 Å². The Bertz CT molecular complexity index is 732. The second-order valence-electron chi connectivity index (χ2n) is 6.25. The summed E-state index contributed by atoms with van der Waals surface area (Å²) in [5.74, 6) is 1.35. The van der Waals surface area contributed by atoms with E-state index in [1.807, 2.05) is 24.3 Å². The predicted octanol–water partition coefficient (Wildman–Crippen LogP) is 2.63. The third kappa shape index (κ3) is 5.01. The van der Waals surface area contributed by atoms with Crippen molar-refractivity contribution in [2.75, 3.05) is 53.6 Å². The van der Waals surface area contributed by atoms with Crippen molar-refractivity contribution < 1.29 is 19.0 Å². The number of amides is 1. The second kappa shape index (κ2) is 9.54. The van der Waals surface area contributed by atoms with E-state index in [4.69, 9.17) is 26.4 Å². The molecule has 0 atom stereocenters. The van der Waals surface area contributed by atoms with Gasteiger partial charge in [-0.25, -0.2) is 0 Å². The van der Waals surface area contributed by atoms with Crippen molar-refractivity contribution >= 4 is 40.3 Å². The average Bonchev–Trinajstić information content (AvgIpc) is 2.96. The van der Waals surface area contributed by atoms with Gasteiger partial charge < -0.3 is 14.2 Å². The molecule has 0 radical (unpaired) electrons. The van der Waals surface area contributed by atoms with E-state index >= 15 is 0 Å². The Hall–Kier alpha value is -1.61. The van der Waals surface area contributed by atoms with E-state index < -0.39 is 0 Å². The lowest BCUT2D eigenvalue weighted by atomic mass is 10.1. The summed E-state index contributed by atoms with van der Waals surface area (Å²) in [7, 11) is 3.22. The smallest absolute Gasteiger partial charge is 0.266 e. The Morgan fingerprint density at radius 3 is 2.70 bits per heavy atom. The number of rotatable bonds is 7. The van der Waals surface area contributed by atoms with E-state index in [-0.39, 0.29) is 5.91 Å². The van der Waals surface area contributed by atoms with Gasteiger partial charge in [0, 0.05) is 31.7 Å². The first kappa shape index (κ1) is 20.1. The quantitative estimate of drug-likeness (QED) is 0.508. The Labute approximate surface area is 169 Å². The number of morpholine rings is 1. The van der Waals surface area contributed by atoms with Crippen LogP contribution in [0.4, 0.5) is 0 Å². The average molecular weight is 409 g/mol. The summed E-state index contributed by atoms with van der Waals surface area (Å²) in [6, 6.07) is 5.50. The number of thioether (sulfide) groups is 1. The predicted molar refractivity (Wildman–Crippen MR) is 111 cm³/mol. The molecule has 1 aromatic carbocycles. The highest BCUT2D eigenvalue weighted by Gasteiger charge is 2.32. The number of carbonyl (C=O) groups excluding carboxylic acids is 1. The number of hydrogen-bond donors (Lipinski definition) is 0. The minimum atomic E-state index is -0.0446. The number of hydrogen-bond acceptors (Lipinski definition) is 7. The fourth-order valence-electron chi connectivity index (χ4n) is 3.06. The van der Waals surface area contributed by atoms with E-state index in [1.165, 1.54) is 11.8 Å². The summed E-state index contributed by atoms with van der Waals surface area (Å²) in [6.45, 7) is 5.05. The molecule has 27 heavy (non-hydrogen) atoms. The van der Waals surface area contributed by atoms with Crippen LogP contribution in [-0.2, 0) is 9.53 Å². The topological polar surface area (TPSA) is 51.2 Å². The summed E-state index contributed by atoms with van der Waals surface area (Å²) < 4.78 is 16.6. The highest BCUT2D eigenvalue weighted by Crippen LogP contribution is 2.35. The molecule has 1 aromatic rings. The number of benzene rings is 1. The highest BCUT2D eigenvalue weighted by molar-refractivity contribution is 8.26. The first-order valence-electron chi connectivity index (χ1n) is 8.90. The fraction of sp³-hybridized carbons (Fsp3) is 0.474. The molecule has 0 N–H and O–H groups in total. The van der Waals surface area contributed by atoms with E-state index in [2.05, 4.69) is 4.90 Å². The van der Waals surface area contributed by atoms with Crippen LogP contribution in [0.25, 0.3) is 6.08 Å². The molecule has 8 heteroatoms. The molecule has 3 rings (SSSR count). The van der Waals surface area contributed by atoms with Crippen LogP contribution in [0.2, 0.25) is 0 Å². The van der Waals surface area contributed by atoms with E-state index in [9.17, 15) is 4.79 Å². The number of nitrogens with zero attached hydrogens (tertiary/aromatic N) is 2. The number of methoxy groups -OCH3 is 2. The summed E-state index contributed by atoms with van der Waals surface area (Å²) >= 11 is 6.76. The van der Waals surface area contributed by atoms with Crippen LogP contribution < -0.4 is 9.47 Å². The van der Waals surface area contributed by atoms with Crippen molar-refractivity contribution in [3.05, 3.63) is 28.7 Å². The van der Waals surface area contributed by atoms with Crippen molar-refractivity contribution in [3.63, 3.8) is 0 Å². The summed E-state index contributed by atoms with van der Waals surface area (Å²) in [5, 5.41) is 0. The van der Waals surface area contributed by atoms with Gasteiger partial charge in [-0.3, -0.25) is 14.6 Å². The second-order valence-corrected chi connectivity index (χ2v) is 7.92. The van der Waals surface area contributed by atoms with Crippen LogP contribution in [0, 0.1) is 0 Å². The van der Waals surface area contributed by atoms with Crippen molar-refractivity contribution in [1.29, 1.82) is 0 Å². The SMILES string of the molecule is COc1ccc(OC)c(/C=C2\SC(=S)N(CCCN3CCOCC3)C2=O)c1. The fourth-order valence-corrected chi connectivity index (χ4v) is 4.36. The lowest BCUT2D eigenvalue weighted by Gasteiger charge is -2.27. The van der Waals surface area contributed by atoms with Crippen LogP contribution in [0.1, 0.15) is 12.0 Å². The van der Waals surface area contributed by atoms with E-state index in [1.54, 1.807) is 19.1 Å². The summed E-state index contributed by atoms with van der Waals surface area (Å²) in [5.41, 5.74) is 0.797. The molecule has 0 unspecified atom stereocenters. The molecule has 146 valence electrons. The van der Waals surface area contributed by atoms with Gasteiger partial charge in [0.05, 0.1) is 32.3 Å². The van der Waals surface area contributed by atoms with Crippen LogP contribution in [-0.4, -0.2) is 73.6 Å². The lowest BCUT2D eigenvalue weighted by Crippen LogP contribution is -2.38. The van der Waals surface area contributed by atoms with Gasteiger partial charge in [0.25, 0.3) is 5.91 Å². The molecule has 2 heterocycles. The molecule has 0 spiro atoms. The molecule has 2 aliphatic heterocycles.